The van der Waals surface area contributed by atoms with Crippen LogP contribution < -0.4 is 0 Å². The fraction of sp³-hybridized carbons (Fsp3) is 0.263. The van der Waals surface area contributed by atoms with Crippen LogP contribution in [0.1, 0.15) is 40.9 Å². The predicted molar refractivity (Wildman–Crippen MR) is 83.4 cm³/mol. The van der Waals surface area contributed by atoms with Gasteiger partial charge in [-0.25, -0.2) is 0 Å². The van der Waals surface area contributed by atoms with Gasteiger partial charge in [0.05, 0.1) is 0 Å². The molecule has 0 bridgehead atoms. The predicted octanol–water partition coefficient (Wildman–Crippen LogP) is 4.50. The molecule has 2 aromatic carbocycles. The van der Waals surface area contributed by atoms with Crippen LogP contribution in [0.4, 0.5) is 0 Å². The van der Waals surface area contributed by atoms with Crippen molar-refractivity contribution in [3.63, 3.8) is 0 Å². The highest BCUT2D eigenvalue weighted by Gasteiger charge is 2.31. The normalized spacial score (nSPS) is 18.9. The summed E-state index contributed by atoms with van der Waals surface area (Å²) in [6.45, 7) is 2.07. The Morgan fingerprint density at radius 1 is 1.14 bits per heavy atom. The molecule has 0 spiro atoms. The van der Waals surface area contributed by atoms with Crippen molar-refractivity contribution in [1.82, 2.24) is 0 Å². The van der Waals surface area contributed by atoms with Crippen LogP contribution >= 0.6 is 0 Å². The molecule has 0 saturated heterocycles. The van der Waals surface area contributed by atoms with E-state index in [1.54, 1.807) is 0 Å². The lowest BCUT2D eigenvalue weighted by Crippen LogP contribution is -2.07. The molecule has 0 radical (unpaired) electrons. The number of furan rings is 1. The van der Waals surface area contributed by atoms with Gasteiger partial charge in [0.25, 0.3) is 0 Å². The minimum atomic E-state index is -0.568. The van der Waals surface area contributed by atoms with Crippen LogP contribution in [-0.2, 0) is 6.42 Å². The second-order valence-electron chi connectivity index (χ2n) is 5.98. The van der Waals surface area contributed by atoms with E-state index in [4.69, 9.17) is 4.42 Å². The van der Waals surface area contributed by atoms with Crippen LogP contribution in [0, 0.1) is 6.92 Å². The van der Waals surface area contributed by atoms with Crippen molar-refractivity contribution < 1.29 is 9.52 Å². The fourth-order valence-corrected chi connectivity index (χ4v) is 3.45. The molecule has 106 valence electrons. The van der Waals surface area contributed by atoms with Crippen molar-refractivity contribution in [3.8, 4) is 0 Å². The van der Waals surface area contributed by atoms with Gasteiger partial charge in [0, 0.05) is 11.3 Å². The summed E-state index contributed by atoms with van der Waals surface area (Å²) in [6, 6.07) is 16.5. The third-order valence-corrected chi connectivity index (χ3v) is 4.54. The highest BCUT2D eigenvalue weighted by Crippen LogP contribution is 2.42. The van der Waals surface area contributed by atoms with E-state index in [-0.39, 0.29) is 5.92 Å². The Labute approximate surface area is 124 Å². The standard InChI is InChI=1S/C19H18O2/c1-12-6-9-17-14(10-12)11-18(21-17)19(20)16-8-7-13-4-2-3-5-15(13)16/h2-6,9-11,16,19-20H,7-8H2,1H3. The Morgan fingerprint density at radius 3 is 2.90 bits per heavy atom. The van der Waals surface area contributed by atoms with Crippen LogP contribution in [0.25, 0.3) is 11.0 Å². The molecular weight excluding hydrogens is 260 g/mol. The van der Waals surface area contributed by atoms with E-state index in [1.165, 1.54) is 16.7 Å². The summed E-state index contributed by atoms with van der Waals surface area (Å²) in [5.74, 6) is 0.820. The molecule has 1 aliphatic rings. The van der Waals surface area contributed by atoms with E-state index in [1.807, 2.05) is 24.3 Å². The van der Waals surface area contributed by atoms with Crippen molar-refractivity contribution in [2.24, 2.45) is 0 Å². The number of hydrogen-bond donors (Lipinski definition) is 1. The summed E-state index contributed by atoms with van der Waals surface area (Å²) in [5.41, 5.74) is 4.67. The van der Waals surface area contributed by atoms with Crippen molar-refractivity contribution in [2.45, 2.75) is 31.8 Å². The van der Waals surface area contributed by atoms with Gasteiger partial charge >= 0.3 is 0 Å². The maximum atomic E-state index is 10.7. The largest absolute Gasteiger partial charge is 0.458 e. The van der Waals surface area contributed by atoms with Gasteiger partial charge in [-0.05, 0) is 49.1 Å². The first kappa shape index (κ1) is 12.7. The Bertz CT molecular complexity index is 800. The molecule has 0 amide bonds. The molecule has 1 heterocycles. The van der Waals surface area contributed by atoms with Gasteiger partial charge < -0.3 is 9.52 Å². The molecule has 4 rings (SSSR count). The Balaban J connectivity index is 1.72. The molecule has 1 N–H and O–H groups in total. The van der Waals surface area contributed by atoms with Gasteiger partial charge in [0.1, 0.15) is 17.4 Å². The van der Waals surface area contributed by atoms with E-state index in [0.29, 0.717) is 5.76 Å². The average molecular weight is 278 g/mol. The first-order chi connectivity index (χ1) is 10.2. The Kier molecular flexibility index (Phi) is 2.86. The van der Waals surface area contributed by atoms with Crippen LogP contribution in [-0.4, -0.2) is 5.11 Å². The number of aliphatic hydroxyl groups is 1. The van der Waals surface area contributed by atoms with Gasteiger partial charge in [0.15, 0.2) is 0 Å². The Morgan fingerprint density at radius 2 is 2.00 bits per heavy atom. The summed E-state index contributed by atoms with van der Waals surface area (Å²) in [4.78, 5) is 0. The zero-order valence-electron chi connectivity index (χ0n) is 12.0. The molecule has 1 aromatic heterocycles. The maximum absolute atomic E-state index is 10.7. The third-order valence-electron chi connectivity index (χ3n) is 4.54. The van der Waals surface area contributed by atoms with Gasteiger partial charge in [-0.1, -0.05) is 35.9 Å². The van der Waals surface area contributed by atoms with E-state index >= 15 is 0 Å². The first-order valence-electron chi connectivity index (χ1n) is 7.48. The molecule has 2 heteroatoms. The maximum Gasteiger partial charge on any atom is 0.134 e. The average Bonchev–Trinajstić information content (AvgIpc) is 3.09. The third kappa shape index (κ3) is 2.07. The number of aliphatic hydroxyl groups excluding tert-OH is 1. The summed E-state index contributed by atoms with van der Waals surface area (Å²) in [5, 5.41) is 11.8. The smallest absolute Gasteiger partial charge is 0.134 e. The Hall–Kier alpha value is -2.06. The summed E-state index contributed by atoms with van der Waals surface area (Å²) < 4.78 is 5.86. The zero-order valence-corrected chi connectivity index (χ0v) is 12.0. The van der Waals surface area contributed by atoms with Crippen molar-refractivity contribution in [2.75, 3.05) is 0 Å². The molecule has 0 fully saturated rings. The first-order valence-corrected chi connectivity index (χ1v) is 7.48. The number of rotatable bonds is 2. The molecule has 3 aromatic rings. The molecule has 2 unspecified atom stereocenters. The summed E-state index contributed by atoms with van der Waals surface area (Å²) >= 11 is 0. The van der Waals surface area contributed by atoms with Crippen molar-refractivity contribution in [3.05, 3.63) is 71.0 Å². The number of benzene rings is 2. The lowest BCUT2D eigenvalue weighted by Gasteiger charge is -2.17. The molecule has 2 nitrogen and oxygen atoms in total. The van der Waals surface area contributed by atoms with Gasteiger partial charge in [-0.15, -0.1) is 0 Å². The van der Waals surface area contributed by atoms with Crippen molar-refractivity contribution in [1.29, 1.82) is 0 Å². The van der Waals surface area contributed by atoms with Crippen LogP contribution in [0.5, 0.6) is 0 Å². The molecule has 1 aliphatic carbocycles. The second-order valence-corrected chi connectivity index (χ2v) is 5.98. The number of hydrogen-bond acceptors (Lipinski definition) is 2. The summed E-state index contributed by atoms with van der Waals surface area (Å²) in [6.07, 6.45) is 1.45. The zero-order chi connectivity index (χ0) is 14.4. The van der Waals surface area contributed by atoms with Crippen LogP contribution in [0.2, 0.25) is 0 Å². The fourth-order valence-electron chi connectivity index (χ4n) is 3.45. The van der Waals surface area contributed by atoms with Gasteiger partial charge in [-0.3, -0.25) is 0 Å². The molecule has 21 heavy (non-hydrogen) atoms. The minimum Gasteiger partial charge on any atom is -0.458 e. The SMILES string of the molecule is Cc1ccc2oc(C(O)C3CCc4ccccc43)cc2c1. The molecular formula is C19H18O2. The molecule has 0 aliphatic heterocycles. The summed E-state index contributed by atoms with van der Waals surface area (Å²) in [7, 11) is 0. The van der Waals surface area contributed by atoms with Gasteiger partial charge in [-0.2, -0.15) is 0 Å². The molecule has 0 saturated carbocycles. The van der Waals surface area contributed by atoms with E-state index in [2.05, 4.69) is 31.2 Å². The number of fused-ring (bicyclic) bond motifs is 2. The topological polar surface area (TPSA) is 33.4 Å². The number of aryl methyl sites for hydroxylation is 2. The lowest BCUT2D eigenvalue weighted by atomic mass is 9.94. The van der Waals surface area contributed by atoms with E-state index in [9.17, 15) is 5.11 Å². The van der Waals surface area contributed by atoms with E-state index in [0.717, 1.165) is 23.8 Å². The molecule has 2 atom stereocenters. The minimum absolute atomic E-state index is 0.142. The quantitative estimate of drug-likeness (QED) is 0.748. The monoisotopic (exact) mass is 278 g/mol. The second kappa shape index (κ2) is 4.74. The van der Waals surface area contributed by atoms with Crippen LogP contribution in [0.3, 0.4) is 0 Å². The highest BCUT2D eigenvalue weighted by molar-refractivity contribution is 5.78. The van der Waals surface area contributed by atoms with Gasteiger partial charge in [0.2, 0.25) is 0 Å². The van der Waals surface area contributed by atoms with Crippen molar-refractivity contribution >= 4 is 11.0 Å². The van der Waals surface area contributed by atoms with Crippen LogP contribution in [0.15, 0.2) is 52.9 Å². The lowest BCUT2D eigenvalue weighted by molar-refractivity contribution is 0.121. The van der Waals surface area contributed by atoms with E-state index < -0.39 is 6.10 Å². The highest BCUT2D eigenvalue weighted by atomic mass is 16.4.